The van der Waals surface area contributed by atoms with E-state index in [4.69, 9.17) is 4.42 Å². The van der Waals surface area contributed by atoms with Crippen molar-refractivity contribution >= 4 is 75.8 Å². The first-order valence-corrected chi connectivity index (χ1v) is 21.9. The highest BCUT2D eigenvalue weighted by molar-refractivity contribution is 6.35. The summed E-state index contributed by atoms with van der Waals surface area (Å²) in [5.41, 5.74) is -11.5. The summed E-state index contributed by atoms with van der Waals surface area (Å²) in [4.78, 5) is 0. The highest BCUT2D eigenvalue weighted by Gasteiger charge is 2.42. The maximum absolute atomic E-state index is 12.3. The lowest BCUT2D eigenvalue weighted by atomic mass is 9.80. The summed E-state index contributed by atoms with van der Waals surface area (Å²) in [5.74, 6) is -51.0. The molecule has 30 N–H and O–H groups in total. The third-order valence-electron chi connectivity index (χ3n) is 14.1. The van der Waals surface area contributed by atoms with E-state index in [0.717, 1.165) is 0 Å². The van der Waals surface area contributed by atoms with Crippen molar-refractivity contribution in [3.05, 3.63) is 0 Å². The SMILES string of the molecule is Oc1c(O)c(-c2c3c(O)c(O)c(O)c(O)c3c(-c3c(O)c4c(O)c(O)c(O)c(O)c4c4c(O)c(O)c(O)c(O)c34)c3c(O)c(O)c(O)c(O)c23)c(O)c(O)c1-c1c(O)c(O)c2oc3c(O)c4c(O)c(O)c(O)c(O)c4c(O)c3c2c1O. The zero-order valence-corrected chi connectivity index (χ0v) is 38.8. The number of hydrogen-bond donors (Lipinski definition) is 30. The monoisotopic (exact) mass is 1130 g/mol. The summed E-state index contributed by atoms with van der Waals surface area (Å²) >= 11 is 0. The van der Waals surface area contributed by atoms with E-state index in [9.17, 15) is 153 Å². The predicted octanol–water partition coefficient (Wildman–Crippen LogP) is 5.52. The Balaban J connectivity index is 1.36. The lowest BCUT2D eigenvalue weighted by Crippen LogP contribution is -1.98. The molecular weight excluding hydrogens is 1100 g/mol. The van der Waals surface area contributed by atoms with Gasteiger partial charge in [-0.05, 0) is 0 Å². The average molecular weight is 1130 g/mol. The first-order valence-electron chi connectivity index (χ1n) is 21.9. The molecule has 0 radical (unpaired) electrons. The quantitative estimate of drug-likeness (QED) is 0.0448. The third-order valence-corrected chi connectivity index (χ3v) is 14.1. The molecule has 10 aromatic carbocycles. The van der Waals surface area contributed by atoms with Crippen LogP contribution in [0.3, 0.4) is 0 Å². The minimum atomic E-state index is -1.97. The van der Waals surface area contributed by atoms with Gasteiger partial charge in [-0.3, -0.25) is 0 Å². The van der Waals surface area contributed by atoms with E-state index in [2.05, 4.69) is 0 Å². The van der Waals surface area contributed by atoms with E-state index in [0.29, 0.717) is 0 Å². The number of furan rings is 1. The van der Waals surface area contributed by atoms with Crippen LogP contribution in [-0.4, -0.2) is 153 Å². The second kappa shape index (κ2) is 15.5. The van der Waals surface area contributed by atoms with Gasteiger partial charge in [0.2, 0.25) is 63.2 Å². The molecule has 0 atom stereocenters. The normalized spacial score (nSPS) is 12.0. The molecule has 0 bridgehead atoms. The molecule has 1 aromatic heterocycles. The van der Waals surface area contributed by atoms with Crippen molar-refractivity contribution in [2.75, 3.05) is 0 Å². The number of phenols is 30. The van der Waals surface area contributed by atoms with Crippen molar-refractivity contribution in [3.8, 4) is 206 Å². The van der Waals surface area contributed by atoms with Crippen LogP contribution in [-0.2, 0) is 0 Å². The van der Waals surface area contributed by atoms with Crippen LogP contribution in [0.5, 0.6) is 172 Å². The summed E-state index contributed by atoms with van der Waals surface area (Å²) in [6, 6.07) is 0. The molecule has 11 rings (SSSR count). The topological polar surface area (TPSA) is 620 Å². The Morgan fingerprint density at radius 2 is 0.309 bits per heavy atom. The minimum Gasteiger partial charge on any atom is -0.506 e. The summed E-state index contributed by atoms with van der Waals surface area (Å²) in [6.07, 6.45) is 0. The number of fused-ring (bicyclic) bond motifs is 9. The molecular formula is C50H30O31. The van der Waals surface area contributed by atoms with Gasteiger partial charge in [-0.2, -0.15) is 0 Å². The van der Waals surface area contributed by atoms with Gasteiger partial charge >= 0.3 is 0 Å². The fraction of sp³-hybridized carbons (Fsp3) is 0. The summed E-state index contributed by atoms with van der Waals surface area (Å²) in [7, 11) is 0. The molecule has 0 aliphatic heterocycles. The van der Waals surface area contributed by atoms with E-state index in [1.165, 1.54) is 0 Å². The number of benzene rings is 10. The Bertz CT molecular complexity index is 4810. The van der Waals surface area contributed by atoms with E-state index < -0.39 is 282 Å². The molecule has 1 heterocycles. The van der Waals surface area contributed by atoms with Gasteiger partial charge in [-0.15, -0.1) is 0 Å². The largest absolute Gasteiger partial charge is 0.506 e. The number of rotatable bonds is 3. The van der Waals surface area contributed by atoms with Crippen LogP contribution in [0.2, 0.25) is 0 Å². The molecule has 0 spiro atoms. The fourth-order valence-electron chi connectivity index (χ4n) is 10.4. The van der Waals surface area contributed by atoms with Crippen LogP contribution < -0.4 is 0 Å². The Morgan fingerprint density at radius 1 is 0.111 bits per heavy atom. The number of hydrogen-bond acceptors (Lipinski definition) is 31. The molecule has 31 nitrogen and oxygen atoms in total. The van der Waals surface area contributed by atoms with E-state index >= 15 is 0 Å². The first kappa shape index (κ1) is 50.5. The minimum absolute atomic E-state index is 1.01. The van der Waals surface area contributed by atoms with E-state index in [-0.39, 0.29) is 0 Å². The van der Waals surface area contributed by atoms with Crippen LogP contribution in [0.1, 0.15) is 0 Å². The van der Waals surface area contributed by atoms with Crippen molar-refractivity contribution < 1.29 is 158 Å². The molecule has 11 aromatic rings. The maximum atomic E-state index is 12.3. The van der Waals surface area contributed by atoms with Crippen LogP contribution in [0.15, 0.2) is 4.42 Å². The maximum Gasteiger partial charge on any atom is 0.205 e. The van der Waals surface area contributed by atoms with Gasteiger partial charge in [-0.1, -0.05) is 0 Å². The van der Waals surface area contributed by atoms with Crippen LogP contribution in [0.25, 0.3) is 109 Å². The summed E-state index contributed by atoms with van der Waals surface area (Å²) in [6.45, 7) is 0. The van der Waals surface area contributed by atoms with Gasteiger partial charge in [0, 0.05) is 54.4 Å². The molecule has 0 saturated heterocycles. The number of phenolic OH excluding ortho intramolecular Hbond substituents is 30. The van der Waals surface area contributed by atoms with Gasteiger partial charge in [0.25, 0.3) is 0 Å². The number of aromatic hydroxyl groups is 30. The van der Waals surface area contributed by atoms with Gasteiger partial charge < -0.3 is 158 Å². The lowest BCUT2D eigenvalue weighted by Gasteiger charge is -2.26. The van der Waals surface area contributed by atoms with Gasteiger partial charge in [0.05, 0.1) is 43.6 Å². The van der Waals surface area contributed by atoms with Crippen molar-refractivity contribution in [1.82, 2.24) is 0 Å². The second-order valence-corrected chi connectivity index (χ2v) is 18.0. The van der Waals surface area contributed by atoms with Crippen molar-refractivity contribution in [1.29, 1.82) is 0 Å². The zero-order chi connectivity index (χ0) is 59.6. The fourth-order valence-corrected chi connectivity index (χ4v) is 10.4. The Kier molecular flexibility index (Phi) is 9.63. The molecule has 31 heteroatoms. The Hall–Kier alpha value is -12.7. The van der Waals surface area contributed by atoms with Gasteiger partial charge in [0.1, 0.15) is 17.2 Å². The van der Waals surface area contributed by atoms with Crippen molar-refractivity contribution in [2.24, 2.45) is 0 Å². The van der Waals surface area contributed by atoms with Gasteiger partial charge in [0.15, 0.2) is 103 Å². The third kappa shape index (κ3) is 5.55. The summed E-state index contributed by atoms with van der Waals surface area (Å²) in [5, 5.41) is 324. The van der Waals surface area contributed by atoms with Crippen LogP contribution >= 0.6 is 0 Å². The smallest absolute Gasteiger partial charge is 0.205 e. The van der Waals surface area contributed by atoms with Crippen LogP contribution in [0.4, 0.5) is 0 Å². The van der Waals surface area contributed by atoms with Crippen LogP contribution in [0, 0.1) is 0 Å². The molecule has 0 unspecified atom stereocenters. The lowest BCUT2D eigenvalue weighted by molar-refractivity contribution is 0.348. The average Bonchev–Trinajstić information content (AvgIpc) is 4.00. The highest BCUT2D eigenvalue weighted by atomic mass is 16.4. The van der Waals surface area contributed by atoms with E-state index in [1.54, 1.807) is 0 Å². The summed E-state index contributed by atoms with van der Waals surface area (Å²) < 4.78 is 5.39. The molecule has 0 aliphatic rings. The van der Waals surface area contributed by atoms with Gasteiger partial charge in [-0.25, -0.2) is 0 Å². The van der Waals surface area contributed by atoms with Crippen molar-refractivity contribution in [2.45, 2.75) is 0 Å². The van der Waals surface area contributed by atoms with Crippen molar-refractivity contribution in [3.63, 3.8) is 0 Å². The molecule has 0 fully saturated rings. The second-order valence-electron chi connectivity index (χ2n) is 18.0. The Labute approximate surface area is 438 Å². The molecule has 81 heavy (non-hydrogen) atoms. The molecule has 416 valence electrons. The zero-order valence-electron chi connectivity index (χ0n) is 38.8. The predicted molar refractivity (Wildman–Crippen MR) is 268 cm³/mol. The molecule has 0 aliphatic carbocycles. The Morgan fingerprint density at radius 3 is 0.667 bits per heavy atom. The first-order chi connectivity index (χ1) is 37.8. The van der Waals surface area contributed by atoms with E-state index in [1.807, 2.05) is 0 Å². The standard InChI is InChI=1S/C50H30O31/c51-19-3(8-9(27(59)43(75)42(74)26(8)58)10-12(19)33(65)45(77)44(76)28(10)60)1-4-6(24(56)40(72)38(70)22(4)54)2(7-5(1)23(55)39(71)41(73)25(7)57)11-29(61)31(63)15(32(64)30(11)62)13-20(52)18-17-21(53)14-16(35(67)47(79)46(78)34(14)66)37(69)49(17)81-50(18)48(80)36(13)68/h51-80H. The molecule has 0 amide bonds. The highest BCUT2D eigenvalue weighted by Crippen LogP contribution is 2.71. The molecule has 0 saturated carbocycles.